The van der Waals surface area contributed by atoms with E-state index in [1.807, 2.05) is 0 Å². The van der Waals surface area contributed by atoms with Gasteiger partial charge in [-0.2, -0.15) is 0 Å². The normalized spacial score (nSPS) is 0. The van der Waals surface area contributed by atoms with E-state index in [0.717, 1.165) is 0 Å². The molecule has 0 aromatic rings. The van der Waals surface area contributed by atoms with E-state index < -0.39 is 0 Å². The molecular weight excluding hydrogens is 158 g/mol. The molecule has 0 atom stereocenters. The molecule has 6 heteroatoms. The Kier molecular flexibility index (Phi) is 259. The van der Waals surface area contributed by atoms with Gasteiger partial charge in [0.25, 0.3) is 0 Å². The van der Waals surface area contributed by atoms with Crippen LogP contribution >= 0.6 is 0 Å². The van der Waals surface area contributed by atoms with Crippen LogP contribution in [0.5, 0.6) is 0 Å². The van der Waals surface area contributed by atoms with Gasteiger partial charge in [-0.3, -0.25) is 0 Å². The molecule has 0 aromatic heterocycles. The fraction of sp³-hybridized carbons (Fsp3) is 0. The van der Waals surface area contributed by atoms with E-state index in [1.54, 1.807) is 0 Å². The molecule has 0 spiro atoms. The smallest absolute Gasteiger partial charge is 2.00 e. The summed E-state index contributed by atoms with van der Waals surface area (Å²) in [4.78, 5) is 0. The minimum absolute atomic E-state index is 0. The number of rotatable bonds is 0. The van der Waals surface area contributed by atoms with E-state index in [2.05, 4.69) is 0 Å². The Balaban J connectivity index is 0. The molecule has 6 heavy (non-hydrogen) atoms. The molecule has 0 heterocycles. The van der Waals surface area contributed by atoms with Gasteiger partial charge >= 0.3 is 142 Å². The van der Waals surface area contributed by atoms with Crippen LogP contribution in [0.3, 0.4) is 0 Å². The molecule has 0 aliphatic carbocycles. The van der Waals surface area contributed by atoms with Gasteiger partial charge in [0.2, 0.25) is 0 Å². The maximum atomic E-state index is 0. The second-order valence-electron chi connectivity index (χ2n) is 0. The Hall–Kier alpha value is 4.58. The molecule has 0 aliphatic heterocycles. The van der Waals surface area contributed by atoms with Crippen LogP contribution in [0, 0.1) is 0 Å². The standard InChI is InChI=1S/Ca.K.Mg.Na.2O/q+2;+1;+2;+1;2*-2. The molecular formula is CaKMgNaO2+2. The minimum atomic E-state index is 0. The summed E-state index contributed by atoms with van der Waals surface area (Å²) in [5.74, 6) is 0. The van der Waals surface area contributed by atoms with Crippen LogP contribution in [-0.4, -0.2) is 60.8 Å². The molecule has 2 nitrogen and oxygen atoms in total. The topological polar surface area (TPSA) is 57.0 Å². The van der Waals surface area contributed by atoms with Crippen molar-refractivity contribution in [1.29, 1.82) is 0 Å². The molecule has 0 radical (unpaired) electrons. The van der Waals surface area contributed by atoms with Crippen molar-refractivity contribution in [2.24, 2.45) is 0 Å². The zero-order chi connectivity index (χ0) is 0. The quantitative estimate of drug-likeness (QED) is 0.315. The molecule has 16 valence electrons. The first kappa shape index (κ1) is 46.3. The van der Waals surface area contributed by atoms with Crippen LogP contribution in [0.15, 0.2) is 0 Å². The van der Waals surface area contributed by atoms with Crippen LogP contribution in [0.1, 0.15) is 0 Å². The van der Waals surface area contributed by atoms with Gasteiger partial charge in [0.1, 0.15) is 0 Å². The molecule has 0 rings (SSSR count). The van der Waals surface area contributed by atoms with E-state index in [4.69, 9.17) is 0 Å². The average Bonchev–Trinajstić information content (AvgIpc) is 0. The molecule has 0 saturated heterocycles. The summed E-state index contributed by atoms with van der Waals surface area (Å²) in [6, 6.07) is 0. The summed E-state index contributed by atoms with van der Waals surface area (Å²) in [5, 5.41) is 0. The first-order chi connectivity index (χ1) is 0. The zero-order valence-corrected chi connectivity index (χ0v) is 13.0. The van der Waals surface area contributed by atoms with E-state index in [0.29, 0.717) is 0 Å². The van der Waals surface area contributed by atoms with Crippen LogP contribution in [0.2, 0.25) is 0 Å². The third-order valence-electron chi connectivity index (χ3n) is 0. The summed E-state index contributed by atoms with van der Waals surface area (Å²) in [7, 11) is 0. The Morgan fingerprint density at radius 3 is 0.833 bits per heavy atom. The molecule has 0 unspecified atom stereocenters. The van der Waals surface area contributed by atoms with Crippen molar-refractivity contribution in [3.63, 3.8) is 0 Å². The fourth-order valence-electron chi connectivity index (χ4n) is 0. The van der Waals surface area contributed by atoms with Crippen LogP contribution in [0.25, 0.3) is 0 Å². The Labute approximate surface area is 148 Å². The van der Waals surface area contributed by atoms with E-state index >= 15 is 0 Å². The molecule has 0 N–H and O–H groups in total. The largest absolute Gasteiger partial charge is 2.00 e. The minimum Gasteiger partial charge on any atom is -2.00 e. The molecule has 0 aromatic carbocycles. The second kappa shape index (κ2) is 33.6. The van der Waals surface area contributed by atoms with Crippen LogP contribution in [-0.2, 0) is 11.0 Å². The van der Waals surface area contributed by atoms with Crippen molar-refractivity contribution in [3.8, 4) is 0 Å². The summed E-state index contributed by atoms with van der Waals surface area (Å²) < 4.78 is 0. The Morgan fingerprint density at radius 1 is 0.833 bits per heavy atom. The third-order valence-corrected chi connectivity index (χ3v) is 0. The third kappa shape index (κ3) is 23.5. The van der Waals surface area contributed by atoms with Crippen molar-refractivity contribution in [3.05, 3.63) is 0 Å². The predicted octanol–water partition coefficient (Wildman–Crippen LogP) is -6.99. The van der Waals surface area contributed by atoms with Crippen molar-refractivity contribution in [1.82, 2.24) is 0 Å². The van der Waals surface area contributed by atoms with Gasteiger partial charge in [0, 0.05) is 0 Å². The SMILES string of the molecule is [Ca+2].[K+].[Mg+2].[Na+].[O-2].[O-2]. The molecule has 0 bridgehead atoms. The van der Waals surface area contributed by atoms with Gasteiger partial charge in [-0.1, -0.05) is 0 Å². The Bertz CT molecular complexity index is 13.5. The van der Waals surface area contributed by atoms with Crippen LogP contribution in [0.4, 0.5) is 0 Å². The van der Waals surface area contributed by atoms with Crippen molar-refractivity contribution >= 4 is 60.8 Å². The van der Waals surface area contributed by atoms with Gasteiger partial charge < -0.3 is 11.0 Å². The average molecular weight is 158 g/mol. The van der Waals surface area contributed by atoms with Crippen molar-refractivity contribution in [2.45, 2.75) is 0 Å². The predicted molar refractivity (Wildman–Crippen MR) is 12.9 cm³/mol. The van der Waals surface area contributed by atoms with Gasteiger partial charge in [-0.25, -0.2) is 0 Å². The molecule has 0 fully saturated rings. The monoisotopic (exact) mass is 158 g/mol. The van der Waals surface area contributed by atoms with Crippen molar-refractivity contribution < 1.29 is 91.9 Å². The van der Waals surface area contributed by atoms with Crippen LogP contribution < -0.4 is 80.9 Å². The van der Waals surface area contributed by atoms with Gasteiger partial charge in [-0.05, 0) is 0 Å². The maximum Gasteiger partial charge on any atom is 2.00 e. The van der Waals surface area contributed by atoms with E-state index in [9.17, 15) is 0 Å². The summed E-state index contributed by atoms with van der Waals surface area (Å²) in [6.07, 6.45) is 0. The first-order valence-corrected chi connectivity index (χ1v) is 0. The van der Waals surface area contributed by atoms with E-state index in [1.165, 1.54) is 0 Å². The van der Waals surface area contributed by atoms with Gasteiger partial charge in [0.15, 0.2) is 0 Å². The summed E-state index contributed by atoms with van der Waals surface area (Å²) in [5.41, 5.74) is 0. The number of hydrogen-bond donors (Lipinski definition) is 0. The summed E-state index contributed by atoms with van der Waals surface area (Å²) >= 11 is 0. The zero-order valence-electron chi connectivity index (χ0n) is 4.23. The maximum absolute atomic E-state index is 0. The molecule has 0 amide bonds. The van der Waals surface area contributed by atoms with Crippen molar-refractivity contribution in [2.75, 3.05) is 0 Å². The first-order valence-electron chi connectivity index (χ1n) is 0. The van der Waals surface area contributed by atoms with E-state index in [-0.39, 0.29) is 153 Å². The summed E-state index contributed by atoms with van der Waals surface area (Å²) in [6.45, 7) is 0. The van der Waals surface area contributed by atoms with Gasteiger partial charge in [0.05, 0.1) is 0 Å². The molecule has 0 saturated carbocycles. The second-order valence-corrected chi connectivity index (χ2v) is 0. The molecule has 0 aliphatic rings. The Morgan fingerprint density at radius 2 is 0.833 bits per heavy atom. The fourth-order valence-corrected chi connectivity index (χ4v) is 0. The number of hydrogen-bond acceptors (Lipinski definition) is 0. The van der Waals surface area contributed by atoms with Gasteiger partial charge in [-0.15, -0.1) is 0 Å².